The number of halogens is 1. The summed E-state index contributed by atoms with van der Waals surface area (Å²) < 4.78 is 0. The van der Waals surface area contributed by atoms with Gasteiger partial charge in [0, 0.05) is 18.1 Å². The predicted molar refractivity (Wildman–Crippen MR) is 105 cm³/mol. The van der Waals surface area contributed by atoms with Gasteiger partial charge in [0.2, 0.25) is 11.8 Å². The van der Waals surface area contributed by atoms with Crippen molar-refractivity contribution in [2.45, 2.75) is 39.3 Å². The highest BCUT2D eigenvalue weighted by atomic mass is 35.5. The van der Waals surface area contributed by atoms with Crippen molar-refractivity contribution < 1.29 is 9.59 Å². The molecule has 1 atom stereocenters. The second kappa shape index (κ2) is 9.97. The van der Waals surface area contributed by atoms with Crippen LogP contribution in [0.4, 0.5) is 0 Å². The quantitative estimate of drug-likeness (QED) is 0.765. The standard InChI is InChI=1S/C21H25ClN2O2/c1-3-19(21(26)23-4-2)24(15-17-10-12-18(22)13-11-17)20(25)14-16-8-6-5-7-9-16/h5-13,19H,3-4,14-15H2,1-2H3,(H,23,26)/t19-/m0/s1. The number of hydrogen-bond acceptors (Lipinski definition) is 2. The Labute approximate surface area is 160 Å². The van der Waals surface area contributed by atoms with E-state index in [1.54, 1.807) is 17.0 Å². The minimum Gasteiger partial charge on any atom is -0.355 e. The van der Waals surface area contributed by atoms with Crippen molar-refractivity contribution in [3.8, 4) is 0 Å². The summed E-state index contributed by atoms with van der Waals surface area (Å²) in [5.41, 5.74) is 1.88. The van der Waals surface area contributed by atoms with Gasteiger partial charge in [0.1, 0.15) is 6.04 Å². The molecule has 0 saturated carbocycles. The highest BCUT2D eigenvalue weighted by Gasteiger charge is 2.28. The Balaban J connectivity index is 2.25. The summed E-state index contributed by atoms with van der Waals surface area (Å²) in [6.07, 6.45) is 0.824. The van der Waals surface area contributed by atoms with Crippen molar-refractivity contribution in [2.24, 2.45) is 0 Å². The maximum absolute atomic E-state index is 13.0. The van der Waals surface area contributed by atoms with Crippen molar-refractivity contribution >= 4 is 23.4 Å². The summed E-state index contributed by atoms with van der Waals surface area (Å²) in [5.74, 6) is -0.186. The van der Waals surface area contributed by atoms with E-state index >= 15 is 0 Å². The van der Waals surface area contributed by atoms with Crippen molar-refractivity contribution in [3.05, 3.63) is 70.7 Å². The van der Waals surface area contributed by atoms with Gasteiger partial charge in [-0.15, -0.1) is 0 Å². The summed E-state index contributed by atoms with van der Waals surface area (Å²) in [6.45, 7) is 4.71. The lowest BCUT2D eigenvalue weighted by Crippen LogP contribution is -2.49. The molecule has 0 aromatic heterocycles. The maximum atomic E-state index is 13.0. The summed E-state index contributed by atoms with van der Waals surface area (Å²) in [4.78, 5) is 27.2. The Morgan fingerprint density at radius 3 is 2.23 bits per heavy atom. The Bertz CT molecular complexity index is 717. The van der Waals surface area contributed by atoms with Crippen LogP contribution in [0.3, 0.4) is 0 Å². The fourth-order valence-corrected chi connectivity index (χ4v) is 3.00. The number of nitrogens with zero attached hydrogens (tertiary/aromatic N) is 1. The van der Waals surface area contributed by atoms with Crippen LogP contribution < -0.4 is 5.32 Å². The molecule has 0 radical (unpaired) electrons. The second-order valence-corrected chi connectivity index (χ2v) is 6.57. The lowest BCUT2D eigenvalue weighted by Gasteiger charge is -2.30. The molecule has 2 rings (SSSR count). The van der Waals surface area contributed by atoms with Crippen molar-refractivity contribution in [2.75, 3.05) is 6.54 Å². The Kier molecular flexibility index (Phi) is 7.67. The number of carbonyl (C=O) groups is 2. The highest BCUT2D eigenvalue weighted by Crippen LogP contribution is 2.16. The summed E-state index contributed by atoms with van der Waals surface area (Å²) in [6, 6.07) is 16.4. The largest absolute Gasteiger partial charge is 0.355 e. The van der Waals surface area contributed by atoms with Crippen LogP contribution in [0.1, 0.15) is 31.4 Å². The van der Waals surface area contributed by atoms with Crippen LogP contribution in [0.25, 0.3) is 0 Å². The van der Waals surface area contributed by atoms with Crippen LogP contribution >= 0.6 is 11.6 Å². The Hall–Kier alpha value is -2.33. The molecule has 2 aromatic carbocycles. The van der Waals surface area contributed by atoms with E-state index in [0.29, 0.717) is 24.5 Å². The van der Waals surface area contributed by atoms with E-state index in [1.807, 2.05) is 56.3 Å². The molecule has 0 spiro atoms. The summed E-state index contributed by atoms with van der Waals surface area (Å²) in [5, 5.41) is 3.48. The Morgan fingerprint density at radius 2 is 1.65 bits per heavy atom. The van der Waals surface area contributed by atoms with Gasteiger partial charge in [-0.2, -0.15) is 0 Å². The van der Waals surface area contributed by atoms with E-state index in [4.69, 9.17) is 11.6 Å². The van der Waals surface area contributed by atoms with Crippen LogP contribution in [-0.4, -0.2) is 29.3 Å². The molecule has 0 aliphatic rings. The molecule has 138 valence electrons. The number of carbonyl (C=O) groups excluding carboxylic acids is 2. The lowest BCUT2D eigenvalue weighted by atomic mass is 10.1. The fraction of sp³-hybridized carbons (Fsp3) is 0.333. The van der Waals surface area contributed by atoms with Crippen molar-refractivity contribution in [1.29, 1.82) is 0 Å². The monoisotopic (exact) mass is 372 g/mol. The zero-order valence-corrected chi connectivity index (χ0v) is 16.0. The smallest absolute Gasteiger partial charge is 0.242 e. The van der Waals surface area contributed by atoms with Gasteiger partial charge in [0.05, 0.1) is 6.42 Å². The molecule has 26 heavy (non-hydrogen) atoms. The molecular weight excluding hydrogens is 348 g/mol. The molecule has 0 fully saturated rings. The summed E-state index contributed by atoms with van der Waals surface area (Å²) >= 11 is 5.95. The van der Waals surface area contributed by atoms with E-state index in [9.17, 15) is 9.59 Å². The molecule has 1 N–H and O–H groups in total. The zero-order valence-electron chi connectivity index (χ0n) is 15.2. The molecular formula is C21H25ClN2O2. The first kappa shape index (κ1) is 20.0. The second-order valence-electron chi connectivity index (χ2n) is 6.13. The van der Waals surface area contributed by atoms with E-state index < -0.39 is 6.04 Å². The van der Waals surface area contributed by atoms with E-state index in [1.165, 1.54) is 0 Å². The third-order valence-corrected chi connectivity index (χ3v) is 4.45. The first-order valence-electron chi connectivity index (χ1n) is 8.90. The maximum Gasteiger partial charge on any atom is 0.242 e. The molecule has 0 unspecified atom stereocenters. The fourth-order valence-electron chi connectivity index (χ4n) is 2.87. The summed E-state index contributed by atoms with van der Waals surface area (Å²) in [7, 11) is 0. The van der Waals surface area contributed by atoms with Gasteiger partial charge in [-0.25, -0.2) is 0 Å². The number of rotatable bonds is 8. The number of amides is 2. The molecule has 2 amide bonds. The predicted octanol–water partition coefficient (Wildman–Crippen LogP) is 3.83. The number of hydrogen-bond donors (Lipinski definition) is 1. The third-order valence-electron chi connectivity index (χ3n) is 4.20. The van der Waals surface area contributed by atoms with Crippen LogP contribution in [-0.2, 0) is 22.6 Å². The molecule has 0 heterocycles. The zero-order chi connectivity index (χ0) is 18.9. The van der Waals surface area contributed by atoms with Crippen LogP contribution in [0.2, 0.25) is 5.02 Å². The average molecular weight is 373 g/mol. The van der Waals surface area contributed by atoms with Crippen molar-refractivity contribution in [3.63, 3.8) is 0 Å². The van der Waals surface area contributed by atoms with E-state index in [-0.39, 0.29) is 18.2 Å². The van der Waals surface area contributed by atoms with Gasteiger partial charge in [0.25, 0.3) is 0 Å². The van der Waals surface area contributed by atoms with Gasteiger partial charge in [0.15, 0.2) is 0 Å². The third kappa shape index (κ3) is 5.60. The number of likely N-dealkylation sites (N-methyl/N-ethyl adjacent to an activating group) is 1. The van der Waals surface area contributed by atoms with Crippen LogP contribution in [0, 0.1) is 0 Å². The molecule has 0 saturated heterocycles. The van der Waals surface area contributed by atoms with Crippen LogP contribution in [0.15, 0.2) is 54.6 Å². The van der Waals surface area contributed by atoms with Gasteiger partial charge in [-0.05, 0) is 36.6 Å². The van der Waals surface area contributed by atoms with Gasteiger partial charge >= 0.3 is 0 Å². The highest BCUT2D eigenvalue weighted by molar-refractivity contribution is 6.30. The first-order chi connectivity index (χ1) is 12.5. The average Bonchev–Trinajstić information content (AvgIpc) is 2.64. The molecule has 5 heteroatoms. The normalized spacial score (nSPS) is 11.7. The van der Waals surface area contributed by atoms with Gasteiger partial charge in [-0.3, -0.25) is 9.59 Å². The lowest BCUT2D eigenvalue weighted by molar-refractivity contribution is -0.140. The first-order valence-corrected chi connectivity index (χ1v) is 9.28. The molecule has 2 aromatic rings. The number of nitrogens with one attached hydrogen (secondary N) is 1. The Morgan fingerprint density at radius 1 is 1.00 bits per heavy atom. The van der Waals surface area contributed by atoms with E-state index in [2.05, 4.69) is 5.32 Å². The minimum atomic E-state index is -0.498. The molecule has 4 nitrogen and oxygen atoms in total. The SMILES string of the molecule is CCNC(=O)[C@H](CC)N(Cc1ccc(Cl)cc1)C(=O)Cc1ccccc1. The molecule has 0 aliphatic heterocycles. The topological polar surface area (TPSA) is 49.4 Å². The molecule has 0 bridgehead atoms. The molecule has 0 aliphatic carbocycles. The van der Waals surface area contributed by atoms with Gasteiger partial charge < -0.3 is 10.2 Å². The number of benzene rings is 2. The van der Waals surface area contributed by atoms with Crippen LogP contribution in [0.5, 0.6) is 0 Å². The van der Waals surface area contributed by atoms with Crippen molar-refractivity contribution in [1.82, 2.24) is 10.2 Å². The van der Waals surface area contributed by atoms with Gasteiger partial charge in [-0.1, -0.05) is 61.0 Å². The minimum absolute atomic E-state index is 0.0655. The van der Waals surface area contributed by atoms with E-state index in [0.717, 1.165) is 11.1 Å².